The number of halogens is 3. The first kappa shape index (κ1) is 29.1. The molecule has 0 radical (unpaired) electrons. The molecule has 0 spiro atoms. The zero-order valence-electron chi connectivity index (χ0n) is 21.1. The van der Waals surface area contributed by atoms with Gasteiger partial charge in [0.15, 0.2) is 0 Å². The molecule has 0 fully saturated rings. The summed E-state index contributed by atoms with van der Waals surface area (Å²) >= 11 is 0. The van der Waals surface area contributed by atoms with Crippen LogP contribution in [0.3, 0.4) is 0 Å². The van der Waals surface area contributed by atoms with Gasteiger partial charge in [-0.05, 0) is 49.6 Å². The van der Waals surface area contributed by atoms with Crippen LogP contribution in [0.2, 0.25) is 0 Å². The van der Waals surface area contributed by atoms with Crippen molar-refractivity contribution in [2.75, 3.05) is 24.2 Å². The predicted octanol–water partition coefficient (Wildman–Crippen LogP) is 4.13. The van der Waals surface area contributed by atoms with E-state index in [9.17, 15) is 27.9 Å². The van der Waals surface area contributed by atoms with Crippen molar-refractivity contribution >= 4 is 23.2 Å². The number of carbonyl (C=O) groups is 2. The van der Waals surface area contributed by atoms with Crippen LogP contribution < -0.4 is 21.3 Å². The summed E-state index contributed by atoms with van der Waals surface area (Å²) in [6.45, 7) is 6.76. The summed E-state index contributed by atoms with van der Waals surface area (Å²) in [4.78, 5) is 24.9. The lowest BCUT2D eigenvalue weighted by Crippen LogP contribution is -2.49. The molecule has 0 aromatic heterocycles. The van der Waals surface area contributed by atoms with Crippen LogP contribution in [0.4, 0.5) is 24.5 Å². The second-order valence-electron chi connectivity index (χ2n) is 8.86. The average molecular weight is 509 g/mol. The van der Waals surface area contributed by atoms with Crippen molar-refractivity contribution in [2.24, 2.45) is 0 Å². The van der Waals surface area contributed by atoms with Gasteiger partial charge in [0.25, 0.3) is 0 Å². The van der Waals surface area contributed by atoms with Crippen molar-refractivity contribution in [1.29, 1.82) is 0 Å². The van der Waals surface area contributed by atoms with E-state index in [2.05, 4.69) is 27.3 Å². The van der Waals surface area contributed by atoms with Crippen molar-refractivity contribution in [1.82, 2.24) is 10.6 Å². The van der Waals surface area contributed by atoms with Crippen LogP contribution in [0.25, 0.3) is 0 Å². The van der Waals surface area contributed by atoms with Gasteiger partial charge in [-0.25, -0.2) is 0 Å². The van der Waals surface area contributed by atoms with Crippen LogP contribution in [0.5, 0.6) is 0 Å². The van der Waals surface area contributed by atoms with Gasteiger partial charge in [0, 0.05) is 31.5 Å². The number of aliphatic hydroxyl groups excluding tert-OH is 1. The van der Waals surface area contributed by atoms with Gasteiger partial charge in [-0.2, -0.15) is 13.2 Å². The summed E-state index contributed by atoms with van der Waals surface area (Å²) in [6.07, 6.45) is -4.85. The molecule has 198 valence electrons. The fraction of sp³-hybridized carbons (Fsp3) is 0.462. The third kappa shape index (κ3) is 9.16. The first-order valence-electron chi connectivity index (χ1n) is 11.9. The molecule has 0 unspecified atom stereocenters. The summed E-state index contributed by atoms with van der Waals surface area (Å²) in [5.74, 6) is -1.40. The van der Waals surface area contributed by atoms with Crippen molar-refractivity contribution in [3.8, 4) is 0 Å². The Hall–Kier alpha value is -3.11. The Labute approximate surface area is 209 Å². The number of aliphatic hydroxyl groups is 1. The molecule has 0 aliphatic carbocycles. The monoisotopic (exact) mass is 508 g/mol. The fourth-order valence-electron chi connectivity index (χ4n) is 3.80. The number of alkyl halides is 3. The van der Waals surface area contributed by atoms with E-state index in [1.807, 2.05) is 32.9 Å². The van der Waals surface area contributed by atoms with Crippen molar-refractivity contribution in [3.05, 3.63) is 58.7 Å². The van der Waals surface area contributed by atoms with Crippen LogP contribution >= 0.6 is 0 Å². The summed E-state index contributed by atoms with van der Waals surface area (Å²) in [5.41, 5.74) is 2.55. The van der Waals surface area contributed by atoms with Gasteiger partial charge in [-0.3, -0.25) is 9.59 Å². The SMILES string of the molecule is CCC[C@H](O)[C@H](CNCc1ccc(C)cc1C)NC(=O)CC(=O)Nc1cc(NC)cc(C(F)(F)F)c1. The summed E-state index contributed by atoms with van der Waals surface area (Å²) in [6, 6.07) is 8.54. The third-order valence-electron chi connectivity index (χ3n) is 5.73. The second kappa shape index (κ2) is 13.3. The molecule has 2 aromatic carbocycles. The minimum atomic E-state index is -4.59. The summed E-state index contributed by atoms with van der Waals surface area (Å²) in [7, 11) is 1.46. The molecule has 10 heteroatoms. The number of hydrogen-bond acceptors (Lipinski definition) is 5. The van der Waals surface area contributed by atoms with E-state index >= 15 is 0 Å². The Morgan fingerprint density at radius 2 is 1.72 bits per heavy atom. The van der Waals surface area contributed by atoms with Gasteiger partial charge in [0.05, 0.1) is 17.7 Å². The molecule has 5 N–H and O–H groups in total. The first-order valence-corrected chi connectivity index (χ1v) is 11.9. The van der Waals surface area contributed by atoms with E-state index in [-0.39, 0.29) is 17.9 Å². The lowest BCUT2D eigenvalue weighted by atomic mass is 10.0. The molecule has 2 aromatic rings. The van der Waals surface area contributed by atoms with Crippen LogP contribution in [0.1, 0.15) is 48.4 Å². The van der Waals surface area contributed by atoms with E-state index < -0.39 is 42.1 Å². The third-order valence-corrected chi connectivity index (χ3v) is 5.73. The highest BCUT2D eigenvalue weighted by molar-refractivity contribution is 6.03. The number of carbonyl (C=O) groups excluding carboxylic acids is 2. The maximum Gasteiger partial charge on any atom is 0.416 e. The summed E-state index contributed by atoms with van der Waals surface area (Å²) < 4.78 is 39.4. The quantitative estimate of drug-likeness (QED) is 0.278. The number of nitrogens with one attached hydrogen (secondary N) is 4. The molecule has 0 saturated heterocycles. The number of aryl methyl sites for hydroxylation is 2. The smallest absolute Gasteiger partial charge is 0.391 e. The molecule has 36 heavy (non-hydrogen) atoms. The van der Waals surface area contributed by atoms with Crippen LogP contribution in [-0.2, 0) is 22.3 Å². The Morgan fingerprint density at radius 3 is 2.33 bits per heavy atom. The molecular formula is C26H35F3N4O3. The standard InChI is InChI=1S/C26H35F3N4O3/c1-5-6-23(34)22(15-31-14-18-8-7-16(2)9-17(18)3)33-25(36)13-24(35)32-21-11-19(26(27,28)29)10-20(12-21)30-4/h7-12,22-23,30-31,34H,5-6,13-15H2,1-4H3,(H,32,35)(H,33,36)/t22-,23-/m0/s1. The fourth-order valence-corrected chi connectivity index (χ4v) is 3.80. The lowest BCUT2D eigenvalue weighted by Gasteiger charge is -2.24. The number of hydrogen-bond donors (Lipinski definition) is 5. The molecule has 2 atom stereocenters. The van der Waals surface area contributed by atoms with Crippen LogP contribution in [-0.4, -0.2) is 42.7 Å². The number of benzene rings is 2. The van der Waals surface area contributed by atoms with Crippen molar-refractivity contribution in [2.45, 2.75) is 64.9 Å². The highest BCUT2D eigenvalue weighted by Gasteiger charge is 2.31. The molecule has 0 bridgehead atoms. The van der Waals surface area contributed by atoms with Gasteiger partial charge in [-0.15, -0.1) is 0 Å². The minimum Gasteiger partial charge on any atom is -0.391 e. The van der Waals surface area contributed by atoms with E-state index in [0.29, 0.717) is 19.4 Å². The van der Waals surface area contributed by atoms with Crippen molar-refractivity contribution in [3.63, 3.8) is 0 Å². The van der Waals surface area contributed by atoms with Gasteiger partial charge >= 0.3 is 6.18 Å². The minimum absolute atomic E-state index is 0.0790. The molecule has 7 nitrogen and oxygen atoms in total. The largest absolute Gasteiger partial charge is 0.416 e. The van der Waals surface area contributed by atoms with Gasteiger partial charge in [0.1, 0.15) is 6.42 Å². The predicted molar refractivity (Wildman–Crippen MR) is 135 cm³/mol. The lowest BCUT2D eigenvalue weighted by molar-refractivity contribution is -0.137. The van der Waals surface area contributed by atoms with E-state index in [4.69, 9.17) is 0 Å². The van der Waals surface area contributed by atoms with E-state index in [0.717, 1.165) is 28.8 Å². The molecular weight excluding hydrogens is 473 g/mol. The molecule has 0 saturated carbocycles. The number of anilines is 2. The van der Waals surface area contributed by atoms with E-state index in [1.165, 1.54) is 13.1 Å². The van der Waals surface area contributed by atoms with Gasteiger partial charge in [-0.1, -0.05) is 37.1 Å². The molecule has 0 heterocycles. The summed E-state index contributed by atoms with van der Waals surface area (Å²) in [5, 5.41) is 21.4. The zero-order chi connectivity index (χ0) is 26.9. The second-order valence-corrected chi connectivity index (χ2v) is 8.86. The maximum atomic E-state index is 13.1. The van der Waals surface area contributed by atoms with Gasteiger partial charge in [0.2, 0.25) is 11.8 Å². The van der Waals surface area contributed by atoms with Crippen LogP contribution in [0, 0.1) is 13.8 Å². The first-order chi connectivity index (χ1) is 16.9. The number of rotatable bonds is 12. The molecule has 2 rings (SSSR count). The highest BCUT2D eigenvalue weighted by atomic mass is 19.4. The van der Waals surface area contributed by atoms with E-state index in [1.54, 1.807) is 0 Å². The Morgan fingerprint density at radius 1 is 1.03 bits per heavy atom. The van der Waals surface area contributed by atoms with Crippen molar-refractivity contribution < 1.29 is 27.9 Å². The molecule has 2 amide bonds. The normalized spacial score (nSPS) is 13.1. The molecule has 0 aliphatic heterocycles. The highest BCUT2D eigenvalue weighted by Crippen LogP contribution is 2.33. The Bertz CT molecular complexity index is 1040. The maximum absolute atomic E-state index is 13.1. The Kier molecular flexibility index (Phi) is 10.7. The van der Waals surface area contributed by atoms with Crippen LogP contribution in [0.15, 0.2) is 36.4 Å². The van der Waals surface area contributed by atoms with Gasteiger partial charge < -0.3 is 26.4 Å². The number of amides is 2. The Balaban J connectivity index is 1.99. The average Bonchev–Trinajstić information content (AvgIpc) is 2.78. The zero-order valence-corrected chi connectivity index (χ0v) is 21.1. The molecule has 0 aliphatic rings. The topological polar surface area (TPSA) is 102 Å².